The normalized spacial score (nSPS) is 9.24. The molecular weight excluding hydrogens is 261 g/mol. The Balaban J connectivity index is 2.77. The van der Waals surface area contributed by atoms with Crippen molar-refractivity contribution in [2.45, 2.75) is 0 Å². The van der Waals surface area contributed by atoms with E-state index in [4.69, 9.17) is 28.5 Å². The Hall–Kier alpha value is -1.70. The molecule has 0 saturated carbocycles. The van der Waals surface area contributed by atoms with E-state index in [1.54, 1.807) is 18.3 Å². The quantitative estimate of drug-likeness (QED) is 0.519. The van der Waals surface area contributed by atoms with Gasteiger partial charge in [-0.05, 0) is 18.2 Å². The summed E-state index contributed by atoms with van der Waals surface area (Å²) in [5, 5.41) is 12.0. The lowest BCUT2D eigenvalue weighted by molar-refractivity contribution is 0.234. The molecule has 4 nitrogen and oxygen atoms in total. The molecule has 0 fully saturated rings. The van der Waals surface area contributed by atoms with Gasteiger partial charge in [-0.15, -0.1) is 6.58 Å². The molecule has 1 aromatic carbocycles. The molecule has 88 valence electrons. The number of nitriles is 1. The summed E-state index contributed by atoms with van der Waals surface area (Å²) in [4.78, 5) is 12.5. The van der Waals surface area contributed by atoms with Crippen LogP contribution < -0.4 is 5.32 Å². The zero-order valence-electron chi connectivity index (χ0n) is 8.78. The third kappa shape index (κ3) is 3.66. The van der Waals surface area contributed by atoms with Gasteiger partial charge in [-0.1, -0.05) is 29.3 Å². The number of amides is 2. The molecule has 0 radical (unpaired) electrons. The maximum absolute atomic E-state index is 11.6. The van der Waals surface area contributed by atoms with Crippen LogP contribution >= 0.6 is 23.2 Å². The average molecular weight is 270 g/mol. The fourth-order valence-corrected chi connectivity index (χ4v) is 1.36. The van der Waals surface area contributed by atoms with Crippen LogP contribution in [0.5, 0.6) is 0 Å². The summed E-state index contributed by atoms with van der Waals surface area (Å²) in [7, 11) is 0. The first-order chi connectivity index (χ1) is 8.08. The Kier molecular flexibility index (Phi) is 4.83. The summed E-state index contributed by atoms with van der Waals surface area (Å²) in [5.41, 5.74) is 0.466. The lowest BCUT2D eigenvalue weighted by Crippen LogP contribution is -2.30. The fourth-order valence-electron chi connectivity index (χ4n) is 1.06. The van der Waals surface area contributed by atoms with Gasteiger partial charge in [0.25, 0.3) is 0 Å². The Bertz CT molecular complexity index is 482. The van der Waals surface area contributed by atoms with Gasteiger partial charge in [-0.2, -0.15) is 5.26 Å². The summed E-state index contributed by atoms with van der Waals surface area (Å²) in [6, 6.07) is 4.11. The number of hydrogen-bond acceptors (Lipinski definition) is 2. The van der Waals surface area contributed by atoms with Crippen molar-refractivity contribution in [3.8, 4) is 6.19 Å². The van der Waals surface area contributed by atoms with Crippen molar-refractivity contribution in [3.63, 3.8) is 0 Å². The van der Waals surface area contributed by atoms with Gasteiger partial charge in [0.05, 0.1) is 16.6 Å². The summed E-state index contributed by atoms with van der Waals surface area (Å²) < 4.78 is 0. The minimum absolute atomic E-state index is 0.143. The highest BCUT2D eigenvalue weighted by atomic mass is 35.5. The van der Waals surface area contributed by atoms with Crippen LogP contribution in [0.25, 0.3) is 0 Å². The van der Waals surface area contributed by atoms with Crippen molar-refractivity contribution in [2.24, 2.45) is 0 Å². The van der Waals surface area contributed by atoms with Gasteiger partial charge in [0.2, 0.25) is 0 Å². The monoisotopic (exact) mass is 269 g/mol. The number of nitrogens with zero attached hydrogens (tertiary/aromatic N) is 2. The first kappa shape index (κ1) is 13.4. The minimum Gasteiger partial charge on any atom is -0.307 e. The molecule has 0 spiro atoms. The van der Waals surface area contributed by atoms with Crippen molar-refractivity contribution >= 4 is 34.9 Å². The maximum Gasteiger partial charge on any atom is 0.335 e. The molecule has 0 aliphatic carbocycles. The number of halogens is 2. The molecule has 2 amide bonds. The van der Waals surface area contributed by atoms with Gasteiger partial charge in [-0.3, -0.25) is 0 Å². The summed E-state index contributed by atoms with van der Waals surface area (Å²) in [6.07, 6.45) is 3.20. The summed E-state index contributed by atoms with van der Waals surface area (Å²) in [6.45, 7) is 3.59. The average Bonchev–Trinajstić information content (AvgIpc) is 2.30. The molecule has 0 unspecified atom stereocenters. The number of rotatable bonds is 3. The molecule has 1 aromatic rings. The molecule has 0 aromatic heterocycles. The number of hydrogen-bond donors (Lipinski definition) is 1. The van der Waals surface area contributed by atoms with Gasteiger partial charge < -0.3 is 5.32 Å². The van der Waals surface area contributed by atoms with Crippen molar-refractivity contribution in [1.82, 2.24) is 4.90 Å². The predicted octanol–water partition coefficient (Wildman–Crippen LogP) is 3.49. The summed E-state index contributed by atoms with van der Waals surface area (Å²) in [5.74, 6) is 0. The molecule has 6 heteroatoms. The minimum atomic E-state index is -0.550. The Morgan fingerprint density at radius 1 is 1.53 bits per heavy atom. The second-order valence-corrected chi connectivity index (χ2v) is 3.87. The van der Waals surface area contributed by atoms with E-state index >= 15 is 0 Å². The molecular formula is C11H9Cl2N3O. The fraction of sp³-hybridized carbons (Fsp3) is 0.0909. The molecule has 0 heterocycles. The Labute approximate surface area is 109 Å². The van der Waals surface area contributed by atoms with Crippen LogP contribution in [0.1, 0.15) is 0 Å². The lowest BCUT2D eigenvalue weighted by Gasteiger charge is -2.12. The van der Waals surface area contributed by atoms with E-state index in [0.717, 1.165) is 4.90 Å². The predicted molar refractivity (Wildman–Crippen MR) is 68.0 cm³/mol. The molecule has 0 bridgehead atoms. The van der Waals surface area contributed by atoms with Crippen LogP contribution in [0.2, 0.25) is 10.0 Å². The highest BCUT2D eigenvalue weighted by molar-refractivity contribution is 6.42. The first-order valence-electron chi connectivity index (χ1n) is 4.62. The molecule has 0 aliphatic rings. The van der Waals surface area contributed by atoms with E-state index in [0.29, 0.717) is 15.7 Å². The van der Waals surface area contributed by atoms with Crippen LogP contribution in [0, 0.1) is 11.5 Å². The zero-order chi connectivity index (χ0) is 12.8. The van der Waals surface area contributed by atoms with Gasteiger partial charge in [0.1, 0.15) is 0 Å². The number of anilines is 1. The topological polar surface area (TPSA) is 56.1 Å². The second kappa shape index (κ2) is 6.14. The van der Waals surface area contributed by atoms with Gasteiger partial charge in [-0.25, -0.2) is 9.69 Å². The Morgan fingerprint density at radius 3 is 2.76 bits per heavy atom. The summed E-state index contributed by atoms with van der Waals surface area (Å²) >= 11 is 11.5. The number of urea groups is 1. The number of carbonyl (C=O) groups excluding carboxylic acids is 1. The van der Waals surface area contributed by atoms with E-state index < -0.39 is 6.03 Å². The highest BCUT2D eigenvalue weighted by Crippen LogP contribution is 2.25. The second-order valence-electron chi connectivity index (χ2n) is 3.06. The molecule has 0 aliphatic heterocycles. The van der Waals surface area contributed by atoms with E-state index in [2.05, 4.69) is 11.9 Å². The smallest absolute Gasteiger partial charge is 0.307 e. The van der Waals surface area contributed by atoms with E-state index in [1.165, 1.54) is 12.1 Å². The Morgan fingerprint density at radius 2 is 2.24 bits per heavy atom. The van der Waals surface area contributed by atoms with Crippen LogP contribution in [-0.4, -0.2) is 17.5 Å². The standard InChI is InChI=1S/C11H9Cl2N3O/c1-2-5-16(7-14)11(17)15-8-3-4-9(12)10(13)6-8/h2-4,6H,1,5H2,(H,15,17). The van der Waals surface area contributed by atoms with E-state index in [1.807, 2.05) is 0 Å². The third-order valence-electron chi connectivity index (χ3n) is 1.85. The maximum atomic E-state index is 11.6. The van der Waals surface area contributed by atoms with E-state index in [-0.39, 0.29) is 6.54 Å². The van der Waals surface area contributed by atoms with E-state index in [9.17, 15) is 4.79 Å². The van der Waals surface area contributed by atoms with Gasteiger partial charge >= 0.3 is 6.03 Å². The third-order valence-corrected chi connectivity index (χ3v) is 2.59. The van der Waals surface area contributed by atoms with Crippen molar-refractivity contribution in [2.75, 3.05) is 11.9 Å². The molecule has 1 rings (SSSR count). The van der Waals surface area contributed by atoms with Crippen molar-refractivity contribution in [3.05, 3.63) is 40.9 Å². The SMILES string of the molecule is C=CCN(C#N)C(=O)Nc1ccc(Cl)c(Cl)c1. The lowest BCUT2D eigenvalue weighted by atomic mass is 10.3. The van der Waals surface area contributed by atoms with Gasteiger partial charge in [0, 0.05) is 5.69 Å². The molecule has 0 saturated heterocycles. The number of benzene rings is 1. The zero-order valence-corrected chi connectivity index (χ0v) is 10.3. The van der Waals surface area contributed by atoms with Crippen LogP contribution in [0.3, 0.4) is 0 Å². The molecule has 0 atom stereocenters. The largest absolute Gasteiger partial charge is 0.335 e. The van der Waals surface area contributed by atoms with Crippen molar-refractivity contribution in [1.29, 1.82) is 5.26 Å². The van der Waals surface area contributed by atoms with Gasteiger partial charge in [0.15, 0.2) is 6.19 Å². The van der Waals surface area contributed by atoms with Crippen LogP contribution in [-0.2, 0) is 0 Å². The number of carbonyl (C=O) groups is 1. The van der Waals surface area contributed by atoms with Crippen LogP contribution in [0.15, 0.2) is 30.9 Å². The molecule has 1 N–H and O–H groups in total. The highest BCUT2D eigenvalue weighted by Gasteiger charge is 2.11. The van der Waals surface area contributed by atoms with Crippen molar-refractivity contribution < 1.29 is 4.79 Å². The first-order valence-corrected chi connectivity index (χ1v) is 5.38. The number of nitrogens with one attached hydrogen (secondary N) is 1. The van der Waals surface area contributed by atoms with Crippen LogP contribution in [0.4, 0.5) is 10.5 Å². The molecule has 17 heavy (non-hydrogen) atoms.